The van der Waals surface area contributed by atoms with Crippen molar-refractivity contribution >= 4 is 35.3 Å². The minimum atomic E-state index is -1.39. The zero-order chi connectivity index (χ0) is 14.4. The van der Waals surface area contributed by atoms with Gasteiger partial charge in [-0.05, 0) is 12.1 Å². The highest BCUT2D eigenvalue weighted by Gasteiger charge is 2.27. The Hall–Kier alpha value is -1.72. The van der Waals surface area contributed by atoms with Crippen LogP contribution in [-0.4, -0.2) is 23.8 Å². The molecule has 0 aliphatic rings. The minimum absolute atomic E-state index is 0.0333. The molecule has 102 valence electrons. The smallest absolute Gasteiger partial charge is 0.408 e. The SMILES string of the molecule is C=CCOC(=O)NC(C(=O)O)c1c(Cl)cccc1Cl. The van der Waals surface area contributed by atoms with E-state index in [0.29, 0.717) is 0 Å². The number of rotatable bonds is 5. The molecule has 1 atom stereocenters. The van der Waals surface area contributed by atoms with Crippen LogP contribution in [0.15, 0.2) is 30.9 Å². The second kappa shape index (κ2) is 7.01. The lowest BCUT2D eigenvalue weighted by molar-refractivity contribution is -0.139. The Balaban J connectivity index is 2.98. The first-order valence-corrected chi connectivity index (χ1v) is 5.94. The summed E-state index contributed by atoms with van der Waals surface area (Å²) in [5.74, 6) is -1.30. The molecule has 0 radical (unpaired) electrons. The zero-order valence-corrected chi connectivity index (χ0v) is 11.2. The van der Waals surface area contributed by atoms with Crippen LogP contribution in [0.3, 0.4) is 0 Å². The largest absolute Gasteiger partial charge is 0.479 e. The summed E-state index contributed by atoms with van der Waals surface area (Å²) in [5, 5.41) is 11.6. The van der Waals surface area contributed by atoms with E-state index in [4.69, 9.17) is 28.3 Å². The van der Waals surface area contributed by atoms with Crippen LogP contribution >= 0.6 is 23.2 Å². The fourth-order valence-electron chi connectivity index (χ4n) is 1.34. The number of benzene rings is 1. The molecule has 1 aromatic rings. The van der Waals surface area contributed by atoms with Gasteiger partial charge in [0.2, 0.25) is 0 Å². The summed E-state index contributed by atoms with van der Waals surface area (Å²) in [6.45, 7) is 3.34. The average Bonchev–Trinajstić information content (AvgIpc) is 2.34. The molecular weight excluding hydrogens is 293 g/mol. The number of carboxylic acid groups (broad SMARTS) is 1. The molecule has 1 rings (SSSR count). The van der Waals surface area contributed by atoms with Gasteiger partial charge in [0.1, 0.15) is 6.61 Å². The van der Waals surface area contributed by atoms with Crippen LogP contribution in [0.2, 0.25) is 10.0 Å². The first-order chi connectivity index (χ1) is 8.97. The van der Waals surface area contributed by atoms with E-state index < -0.39 is 18.1 Å². The molecule has 19 heavy (non-hydrogen) atoms. The number of halogens is 2. The molecule has 0 aliphatic heterocycles. The molecule has 0 fully saturated rings. The monoisotopic (exact) mass is 303 g/mol. The standard InChI is InChI=1S/C12H11Cl2NO4/c1-2-6-19-12(18)15-10(11(16)17)9-7(13)4-3-5-8(9)14/h2-5,10H,1,6H2,(H,15,18)(H,16,17). The molecule has 0 aliphatic carbocycles. The molecule has 1 amide bonds. The van der Waals surface area contributed by atoms with Gasteiger partial charge in [-0.25, -0.2) is 9.59 Å². The maximum Gasteiger partial charge on any atom is 0.408 e. The number of alkyl carbamates (subject to hydrolysis) is 1. The van der Waals surface area contributed by atoms with E-state index in [2.05, 4.69) is 16.6 Å². The first kappa shape index (κ1) is 15.3. The summed E-state index contributed by atoms with van der Waals surface area (Å²) in [6.07, 6.45) is 0.459. The first-order valence-electron chi connectivity index (χ1n) is 5.18. The molecule has 0 bridgehead atoms. The third-order valence-corrected chi connectivity index (χ3v) is 2.79. The van der Waals surface area contributed by atoms with Crippen molar-refractivity contribution in [2.45, 2.75) is 6.04 Å². The number of hydrogen-bond donors (Lipinski definition) is 2. The maximum absolute atomic E-state index is 11.4. The fraction of sp³-hybridized carbons (Fsp3) is 0.167. The van der Waals surface area contributed by atoms with Crippen LogP contribution in [0, 0.1) is 0 Å². The number of carbonyl (C=O) groups is 2. The van der Waals surface area contributed by atoms with Gasteiger partial charge in [0.05, 0.1) is 0 Å². The van der Waals surface area contributed by atoms with Gasteiger partial charge in [-0.15, -0.1) is 0 Å². The minimum Gasteiger partial charge on any atom is -0.479 e. The fourth-order valence-corrected chi connectivity index (χ4v) is 1.95. The molecule has 0 spiro atoms. The molecule has 1 aromatic carbocycles. The highest BCUT2D eigenvalue weighted by molar-refractivity contribution is 6.36. The van der Waals surface area contributed by atoms with Crippen LogP contribution in [0.25, 0.3) is 0 Å². The third-order valence-electron chi connectivity index (χ3n) is 2.13. The van der Waals surface area contributed by atoms with Gasteiger partial charge >= 0.3 is 12.1 Å². The van der Waals surface area contributed by atoms with Crippen LogP contribution in [0.4, 0.5) is 4.79 Å². The van der Waals surface area contributed by atoms with Crippen molar-refractivity contribution in [1.29, 1.82) is 0 Å². The topological polar surface area (TPSA) is 75.6 Å². The number of aliphatic carboxylic acids is 1. The van der Waals surface area contributed by atoms with Crippen LogP contribution < -0.4 is 5.32 Å². The van der Waals surface area contributed by atoms with Crippen LogP contribution in [0.1, 0.15) is 11.6 Å². The van der Waals surface area contributed by atoms with Crippen LogP contribution in [-0.2, 0) is 9.53 Å². The second-order valence-corrected chi connectivity index (χ2v) is 4.25. The highest BCUT2D eigenvalue weighted by Crippen LogP contribution is 2.30. The summed E-state index contributed by atoms with van der Waals surface area (Å²) >= 11 is 11.8. The third kappa shape index (κ3) is 4.15. The average molecular weight is 304 g/mol. The van der Waals surface area contributed by atoms with E-state index in [9.17, 15) is 9.59 Å². The van der Waals surface area contributed by atoms with Crippen molar-refractivity contribution in [2.75, 3.05) is 6.61 Å². The number of carbonyl (C=O) groups excluding carboxylic acids is 1. The Labute approximate surface area is 119 Å². The molecule has 0 saturated carbocycles. The normalized spacial score (nSPS) is 11.5. The molecule has 0 aromatic heterocycles. The lowest BCUT2D eigenvalue weighted by Gasteiger charge is -2.17. The van der Waals surface area contributed by atoms with Gasteiger partial charge in [0.15, 0.2) is 6.04 Å². The molecule has 7 heteroatoms. The molecule has 1 unspecified atom stereocenters. The number of hydrogen-bond acceptors (Lipinski definition) is 3. The van der Waals surface area contributed by atoms with Crippen molar-refractivity contribution in [3.63, 3.8) is 0 Å². The number of carboxylic acids is 1. The van der Waals surface area contributed by atoms with Crippen molar-refractivity contribution in [3.05, 3.63) is 46.5 Å². The summed E-state index contributed by atoms with van der Waals surface area (Å²) < 4.78 is 4.66. The van der Waals surface area contributed by atoms with Gasteiger partial charge < -0.3 is 15.2 Å². The Kier molecular flexibility index (Phi) is 5.66. The molecule has 5 nitrogen and oxygen atoms in total. The van der Waals surface area contributed by atoms with E-state index in [1.165, 1.54) is 18.2 Å². The zero-order valence-electron chi connectivity index (χ0n) is 9.73. The summed E-state index contributed by atoms with van der Waals surface area (Å²) in [4.78, 5) is 22.6. The van der Waals surface area contributed by atoms with Crippen LogP contribution in [0.5, 0.6) is 0 Å². The van der Waals surface area contributed by atoms with E-state index in [1.54, 1.807) is 6.07 Å². The predicted molar refractivity (Wildman–Crippen MR) is 71.5 cm³/mol. The summed E-state index contributed by atoms with van der Waals surface area (Å²) in [7, 11) is 0. The molecule has 0 saturated heterocycles. The lowest BCUT2D eigenvalue weighted by Crippen LogP contribution is -2.34. The Morgan fingerprint density at radius 1 is 1.42 bits per heavy atom. The number of nitrogens with one attached hydrogen (secondary N) is 1. The quantitative estimate of drug-likeness (QED) is 0.820. The Morgan fingerprint density at radius 2 is 2.00 bits per heavy atom. The van der Waals surface area contributed by atoms with E-state index in [0.717, 1.165) is 0 Å². The van der Waals surface area contributed by atoms with Crippen molar-refractivity contribution in [1.82, 2.24) is 5.32 Å². The van der Waals surface area contributed by atoms with Gasteiger partial charge in [0, 0.05) is 15.6 Å². The number of amides is 1. The Bertz CT molecular complexity index is 484. The van der Waals surface area contributed by atoms with Crippen molar-refractivity contribution in [3.8, 4) is 0 Å². The van der Waals surface area contributed by atoms with Gasteiger partial charge in [0.25, 0.3) is 0 Å². The second-order valence-electron chi connectivity index (χ2n) is 3.44. The van der Waals surface area contributed by atoms with Crippen molar-refractivity contribution in [2.24, 2.45) is 0 Å². The van der Waals surface area contributed by atoms with Gasteiger partial charge in [-0.1, -0.05) is 41.9 Å². The maximum atomic E-state index is 11.4. The molecular formula is C12H11Cl2NO4. The van der Waals surface area contributed by atoms with E-state index in [-0.39, 0.29) is 22.2 Å². The summed E-state index contributed by atoms with van der Waals surface area (Å²) in [5.41, 5.74) is 0.105. The molecule has 0 heterocycles. The van der Waals surface area contributed by atoms with Crippen molar-refractivity contribution < 1.29 is 19.4 Å². The van der Waals surface area contributed by atoms with E-state index >= 15 is 0 Å². The summed E-state index contributed by atoms with van der Waals surface area (Å²) in [6, 6.07) is 3.15. The predicted octanol–water partition coefficient (Wildman–Crippen LogP) is 3.03. The van der Waals surface area contributed by atoms with E-state index in [1.807, 2.05) is 0 Å². The highest BCUT2D eigenvalue weighted by atomic mass is 35.5. The lowest BCUT2D eigenvalue weighted by atomic mass is 10.1. The Morgan fingerprint density at radius 3 is 2.47 bits per heavy atom. The molecule has 2 N–H and O–H groups in total. The van der Waals surface area contributed by atoms with Gasteiger partial charge in [-0.3, -0.25) is 0 Å². The number of ether oxygens (including phenoxy) is 1. The van der Waals surface area contributed by atoms with Gasteiger partial charge in [-0.2, -0.15) is 0 Å².